The number of hydrogen-bond donors (Lipinski definition) is 1. The van der Waals surface area contributed by atoms with Gasteiger partial charge in [0.15, 0.2) is 0 Å². The molecular formula is C23H31NO3. The summed E-state index contributed by atoms with van der Waals surface area (Å²) in [4.78, 5) is 13.5. The van der Waals surface area contributed by atoms with Crippen LogP contribution in [0.4, 0.5) is 4.79 Å². The zero-order chi connectivity index (χ0) is 20.1. The van der Waals surface area contributed by atoms with E-state index in [0.717, 1.165) is 59.1 Å². The molecule has 1 N–H and O–H groups in total. The Balaban J connectivity index is 2.61. The Hall–Kier alpha value is -2.49. The average molecular weight is 370 g/mol. The lowest BCUT2D eigenvalue weighted by Gasteiger charge is -2.19. The highest BCUT2D eigenvalue weighted by Crippen LogP contribution is 2.35. The first kappa shape index (κ1) is 20.8. The maximum atomic E-state index is 12.1. The molecule has 0 aliphatic rings. The second-order valence-corrected chi connectivity index (χ2v) is 6.94. The van der Waals surface area contributed by atoms with Gasteiger partial charge in [-0.3, -0.25) is 0 Å². The quantitative estimate of drug-likeness (QED) is 0.745. The zero-order valence-electron chi connectivity index (χ0n) is 17.3. The molecule has 2 rings (SSSR count). The van der Waals surface area contributed by atoms with Gasteiger partial charge in [-0.1, -0.05) is 27.7 Å². The van der Waals surface area contributed by atoms with Crippen LogP contribution in [-0.2, 0) is 25.7 Å². The van der Waals surface area contributed by atoms with Crippen LogP contribution < -0.4 is 4.74 Å². The topological polar surface area (TPSA) is 49.8 Å². The smallest absolute Gasteiger partial charge is 0.414 e. The van der Waals surface area contributed by atoms with Gasteiger partial charge in [0, 0.05) is 14.1 Å². The fourth-order valence-corrected chi connectivity index (χ4v) is 3.22. The van der Waals surface area contributed by atoms with Crippen LogP contribution in [-0.4, -0.2) is 30.2 Å². The van der Waals surface area contributed by atoms with Gasteiger partial charge < -0.3 is 14.7 Å². The van der Waals surface area contributed by atoms with Crippen LogP contribution in [0, 0.1) is 0 Å². The Morgan fingerprint density at radius 1 is 0.815 bits per heavy atom. The number of amides is 1. The molecule has 2 aromatic rings. The third-order valence-electron chi connectivity index (χ3n) is 4.92. The minimum atomic E-state index is -0.363. The molecule has 0 unspecified atom stereocenters. The van der Waals surface area contributed by atoms with Crippen molar-refractivity contribution in [3.63, 3.8) is 0 Å². The lowest BCUT2D eigenvalue weighted by atomic mass is 9.92. The molecule has 0 fully saturated rings. The van der Waals surface area contributed by atoms with Crippen LogP contribution in [0.1, 0.15) is 49.9 Å². The fraction of sp³-hybridized carbons (Fsp3) is 0.435. The van der Waals surface area contributed by atoms with Crippen LogP contribution in [0.25, 0.3) is 11.1 Å². The van der Waals surface area contributed by atoms with Gasteiger partial charge in [0.05, 0.1) is 0 Å². The van der Waals surface area contributed by atoms with Crippen molar-refractivity contribution >= 4 is 6.09 Å². The molecule has 146 valence electrons. The second kappa shape index (κ2) is 8.94. The first-order valence-electron chi connectivity index (χ1n) is 9.76. The predicted octanol–water partition coefficient (Wildman–Crippen LogP) is 5.37. The molecule has 0 aliphatic carbocycles. The molecule has 0 aromatic heterocycles. The summed E-state index contributed by atoms with van der Waals surface area (Å²) >= 11 is 0. The summed E-state index contributed by atoms with van der Waals surface area (Å²) in [5.41, 5.74) is 6.15. The van der Waals surface area contributed by atoms with Gasteiger partial charge in [0.1, 0.15) is 11.5 Å². The molecule has 0 spiro atoms. The number of carbonyl (C=O) groups excluding carboxylic acids is 1. The summed E-state index contributed by atoms with van der Waals surface area (Å²) in [6.45, 7) is 8.24. The van der Waals surface area contributed by atoms with Crippen molar-refractivity contribution in [1.29, 1.82) is 0 Å². The molecule has 4 nitrogen and oxygen atoms in total. The van der Waals surface area contributed by atoms with E-state index in [1.807, 2.05) is 0 Å². The summed E-state index contributed by atoms with van der Waals surface area (Å²) in [5, 5.41) is 10.4. The molecule has 27 heavy (non-hydrogen) atoms. The molecule has 0 aliphatic heterocycles. The van der Waals surface area contributed by atoms with E-state index in [2.05, 4.69) is 52.0 Å². The van der Waals surface area contributed by atoms with Gasteiger partial charge in [0.2, 0.25) is 0 Å². The van der Waals surface area contributed by atoms with E-state index in [-0.39, 0.29) is 6.09 Å². The summed E-state index contributed by atoms with van der Waals surface area (Å²) in [6.07, 6.45) is 2.75. The number of aromatic hydroxyl groups is 1. The Morgan fingerprint density at radius 2 is 1.19 bits per heavy atom. The normalized spacial score (nSPS) is 10.7. The highest BCUT2D eigenvalue weighted by atomic mass is 16.6. The molecule has 1 amide bonds. The lowest BCUT2D eigenvalue weighted by Crippen LogP contribution is -2.26. The third kappa shape index (κ3) is 4.44. The summed E-state index contributed by atoms with van der Waals surface area (Å²) in [6, 6.07) is 8.33. The third-order valence-corrected chi connectivity index (χ3v) is 4.92. The molecule has 0 bridgehead atoms. The monoisotopic (exact) mass is 369 g/mol. The van der Waals surface area contributed by atoms with Crippen molar-refractivity contribution in [2.24, 2.45) is 0 Å². The number of rotatable bonds is 6. The van der Waals surface area contributed by atoms with Crippen LogP contribution in [0.2, 0.25) is 0 Å². The lowest BCUT2D eigenvalue weighted by molar-refractivity contribution is 0.171. The summed E-state index contributed by atoms with van der Waals surface area (Å²) < 4.78 is 5.67. The molecule has 0 saturated heterocycles. The van der Waals surface area contributed by atoms with Crippen molar-refractivity contribution in [3.05, 3.63) is 46.5 Å². The Kier molecular flexibility index (Phi) is 6.89. The minimum Gasteiger partial charge on any atom is -0.507 e. The highest BCUT2D eigenvalue weighted by molar-refractivity contribution is 5.74. The predicted molar refractivity (Wildman–Crippen MR) is 111 cm³/mol. The van der Waals surface area contributed by atoms with Crippen molar-refractivity contribution in [1.82, 2.24) is 4.90 Å². The van der Waals surface area contributed by atoms with Crippen molar-refractivity contribution < 1.29 is 14.6 Å². The highest BCUT2D eigenvalue weighted by Gasteiger charge is 2.17. The maximum Gasteiger partial charge on any atom is 0.414 e. The van der Waals surface area contributed by atoms with E-state index >= 15 is 0 Å². The molecule has 0 atom stereocenters. The van der Waals surface area contributed by atoms with Gasteiger partial charge in [-0.15, -0.1) is 0 Å². The van der Waals surface area contributed by atoms with Gasteiger partial charge in [-0.25, -0.2) is 4.79 Å². The number of hydrogen-bond acceptors (Lipinski definition) is 3. The van der Waals surface area contributed by atoms with Crippen LogP contribution in [0.15, 0.2) is 24.3 Å². The molecule has 0 heterocycles. The van der Waals surface area contributed by atoms with E-state index in [9.17, 15) is 9.90 Å². The number of phenolic OH excluding ortho intramolecular Hbond substituents is 1. The Bertz CT molecular complexity index is 774. The number of phenols is 1. The van der Waals surface area contributed by atoms with Crippen molar-refractivity contribution in [2.45, 2.75) is 53.4 Å². The number of aryl methyl sites for hydroxylation is 4. The van der Waals surface area contributed by atoms with Gasteiger partial charge in [0.25, 0.3) is 0 Å². The van der Waals surface area contributed by atoms with Crippen LogP contribution >= 0.6 is 0 Å². The van der Waals surface area contributed by atoms with Crippen LogP contribution in [0.5, 0.6) is 11.5 Å². The van der Waals surface area contributed by atoms with E-state index < -0.39 is 0 Å². The van der Waals surface area contributed by atoms with Crippen molar-refractivity contribution in [3.8, 4) is 22.6 Å². The molecule has 4 heteroatoms. The first-order valence-corrected chi connectivity index (χ1v) is 9.76. The number of carbonyl (C=O) groups is 1. The molecule has 0 radical (unpaired) electrons. The van der Waals surface area contributed by atoms with Gasteiger partial charge in [-0.05, 0) is 83.3 Å². The maximum absolute atomic E-state index is 12.1. The average Bonchev–Trinajstić information content (AvgIpc) is 2.67. The van der Waals surface area contributed by atoms with E-state index in [0.29, 0.717) is 11.5 Å². The van der Waals surface area contributed by atoms with E-state index in [1.54, 1.807) is 14.1 Å². The number of nitrogens with zero attached hydrogens (tertiary/aromatic N) is 1. The first-order chi connectivity index (χ1) is 12.9. The molecule has 0 saturated carbocycles. The SMILES string of the molecule is CCc1cc(-c2cc(CC)c(OC(=O)N(C)C)c(CC)c2)cc(CC)c1O. The largest absolute Gasteiger partial charge is 0.507 e. The van der Waals surface area contributed by atoms with E-state index in [4.69, 9.17) is 4.74 Å². The minimum absolute atomic E-state index is 0.363. The summed E-state index contributed by atoms with van der Waals surface area (Å²) in [7, 11) is 3.37. The fourth-order valence-electron chi connectivity index (χ4n) is 3.22. The Morgan fingerprint density at radius 3 is 1.52 bits per heavy atom. The second-order valence-electron chi connectivity index (χ2n) is 6.94. The van der Waals surface area contributed by atoms with E-state index in [1.165, 1.54) is 4.90 Å². The van der Waals surface area contributed by atoms with Gasteiger partial charge >= 0.3 is 6.09 Å². The van der Waals surface area contributed by atoms with Gasteiger partial charge in [-0.2, -0.15) is 0 Å². The molecule has 2 aromatic carbocycles. The number of ether oxygens (including phenoxy) is 1. The standard InChI is InChI=1S/C23H31NO3/c1-7-15-11-19(12-16(8-2)21(15)25)20-13-17(9-3)22(18(10-4)14-20)27-23(26)24(5)6/h11-14,25H,7-10H2,1-6H3. The number of benzene rings is 2. The molecular weight excluding hydrogens is 338 g/mol. The zero-order valence-corrected chi connectivity index (χ0v) is 17.3. The summed E-state index contributed by atoms with van der Waals surface area (Å²) in [5.74, 6) is 1.08. The van der Waals surface area contributed by atoms with Crippen molar-refractivity contribution in [2.75, 3.05) is 14.1 Å². The Labute approximate surface area is 162 Å². The van der Waals surface area contributed by atoms with Crippen LogP contribution in [0.3, 0.4) is 0 Å².